The highest BCUT2D eigenvalue weighted by Crippen LogP contribution is 2.20. The second-order valence-electron chi connectivity index (χ2n) is 4.61. The average molecular weight is 283 g/mol. The predicted molar refractivity (Wildman–Crippen MR) is 76.8 cm³/mol. The molecule has 1 heterocycles. The van der Waals surface area contributed by atoms with Gasteiger partial charge in [0.1, 0.15) is 5.88 Å². The van der Waals surface area contributed by atoms with Gasteiger partial charge in [-0.1, -0.05) is 12.1 Å². The van der Waals surface area contributed by atoms with Gasteiger partial charge in [0.25, 0.3) is 0 Å². The number of benzene rings is 1. The van der Waals surface area contributed by atoms with Gasteiger partial charge in [-0.05, 0) is 24.6 Å². The van der Waals surface area contributed by atoms with E-state index >= 15 is 0 Å². The summed E-state index contributed by atoms with van der Waals surface area (Å²) in [5.41, 5.74) is 2.28. The number of amides is 1. The van der Waals surface area contributed by atoms with E-state index in [0.29, 0.717) is 0 Å². The number of rotatable bonds is 4. The first-order chi connectivity index (χ1) is 9.20. The second kappa shape index (κ2) is 6.78. The van der Waals surface area contributed by atoms with Crippen LogP contribution in [0.4, 0.5) is 5.69 Å². The number of morpholine rings is 1. The third kappa shape index (κ3) is 3.85. The molecule has 104 valence electrons. The minimum atomic E-state index is -0.147. The standard InChI is InChI=1S/C14H19ClN2O2/c1-11(16-14(18)10-15)12-2-4-13(5-3-12)17-6-8-19-9-7-17/h2-5,11H,6-10H2,1H3,(H,16,18). The maximum atomic E-state index is 11.2. The van der Waals surface area contributed by atoms with Gasteiger partial charge in [-0.3, -0.25) is 4.79 Å². The van der Waals surface area contributed by atoms with Crippen LogP contribution in [0, 0.1) is 0 Å². The summed E-state index contributed by atoms with van der Waals surface area (Å²) in [6, 6.07) is 8.24. The Hall–Kier alpha value is -1.26. The normalized spacial score (nSPS) is 17.1. The van der Waals surface area contributed by atoms with Gasteiger partial charge in [0.05, 0.1) is 19.3 Å². The van der Waals surface area contributed by atoms with Crippen LogP contribution >= 0.6 is 11.6 Å². The van der Waals surface area contributed by atoms with Crippen molar-refractivity contribution < 1.29 is 9.53 Å². The average Bonchev–Trinajstić information content (AvgIpc) is 2.48. The number of nitrogens with zero attached hydrogens (tertiary/aromatic N) is 1. The summed E-state index contributed by atoms with van der Waals surface area (Å²) < 4.78 is 5.34. The number of ether oxygens (including phenoxy) is 1. The Morgan fingerprint density at radius 3 is 2.58 bits per heavy atom. The summed E-state index contributed by atoms with van der Waals surface area (Å²) in [6.45, 7) is 5.37. The molecule has 1 saturated heterocycles. The van der Waals surface area contributed by atoms with Gasteiger partial charge in [0.2, 0.25) is 5.91 Å². The van der Waals surface area contributed by atoms with Gasteiger partial charge in [0, 0.05) is 18.8 Å². The van der Waals surface area contributed by atoms with Crippen molar-refractivity contribution in [2.75, 3.05) is 37.1 Å². The molecule has 1 aromatic carbocycles. The minimum absolute atomic E-state index is 0.00377. The Bertz CT molecular complexity index is 416. The van der Waals surface area contributed by atoms with Crippen molar-refractivity contribution in [3.63, 3.8) is 0 Å². The Morgan fingerprint density at radius 2 is 2.00 bits per heavy atom. The number of hydrogen-bond donors (Lipinski definition) is 1. The Labute approximate surface area is 118 Å². The first-order valence-corrected chi connectivity index (χ1v) is 7.02. The zero-order valence-corrected chi connectivity index (χ0v) is 11.8. The highest BCUT2D eigenvalue weighted by atomic mass is 35.5. The zero-order valence-electron chi connectivity index (χ0n) is 11.1. The molecule has 4 nitrogen and oxygen atoms in total. The van der Waals surface area contributed by atoms with Crippen LogP contribution in [-0.2, 0) is 9.53 Å². The first kappa shape index (κ1) is 14.2. The molecule has 1 aliphatic rings. The molecule has 5 heteroatoms. The molecule has 0 bridgehead atoms. The highest BCUT2D eigenvalue weighted by Gasteiger charge is 2.12. The summed E-state index contributed by atoms with van der Waals surface area (Å²) in [6.07, 6.45) is 0. The van der Waals surface area contributed by atoms with Crippen molar-refractivity contribution in [1.82, 2.24) is 5.32 Å². The number of halogens is 1. The van der Waals surface area contributed by atoms with Gasteiger partial charge >= 0.3 is 0 Å². The molecule has 1 atom stereocenters. The lowest BCUT2D eigenvalue weighted by atomic mass is 10.1. The lowest BCUT2D eigenvalue weighted by Gasteiger charge is -2.29. The Morgan fingerprint density at radius 1 is 1.37 bits per heavy atom. The van der Waals surface area contributed by atoms with Crippen LogP contribution in [0.3, 0.4) is 0 Å². The fourth-order valence-electron chi connectivity index (χ4n) is 2.16. The molecule has 0 spiro atoms. The van der Waals surface area contributed by atoms with Gasteiger partial charge in [-0.25, -0.2) is 0 Å². The van der Waals surface area contributed by atoms with E-state index in [-0.39, 0.29) is 17.8 Å². The van der Waals surface area contributed by atoms with E-state index in [4.69, 9.17) is 16.3 Å². The number of carbonyl (C=O) groups excluding carboxylic acids is 1. The third-order valence-electron chi connectivity index (χ3n) is 3.27. The van der Waals surface area contributed by atoms with E-state index in [9.17, 15) is 4.79 Å². The van der Waals surface area contributed by atoms with E-state index < -0.39 is 0 Å². The number of hydrogen-bond acceptors (Lipinski definition) is 3. The Balaban J connectivity index is 1.99. The van der Waals surface area contributed by atoms with Gasteiger partial charge in [0.15, 0.2) is 0 Å². The molecule has 0 aromatic heterocycles. The molecule has 19 heavy (non-hydrogen) atoms. The molecule has 1 aliphatic heterocycles. The molecule has 1 aromatic rings. The smallest absolute Gasteiger partial charge is 0.235 e. The summed E-state index contributed by atoms with van der Waals surface area (Å²) >= 11 is 5.48. The zero-order chi connectivity index (χ0) is 13.7. The SMILES string of the molecule is CC(NC(=O)CCl)c1ccc(N2CCOCC2)cc1. The van der Waals surface area contributed by atoms with Crippen molar-refractivity contribution in [2.24, 2.45) is 0 Å². The number of anilines is 1. The molecular weight excluding hydrogens is 264 g/mol. The van der Waals surface area contributed by atoms with E-state index in [0.717, 1.165) is 31.9 Å². The van der Waals surface area contributed by atoms with Crippen molar-refractivity contribution in [3.8, 4) is 0 Å². The molecule has 1 fully saturated rings. The monoisotopic (exact) mass is 282 g/mol. The lowest BCUT2D eigenvalue weighted by molar-refractivity contribution is -0.119. The van der Waals surface area contributed by atoms with Crippen LogP contribution < -0.4 is 10.2 Å². The van der Waals surface area contributed by atoms with Crippen LogP contribution in [0.25, 0.3) is 0 Å². The van der Waals surface area contributed by atoms with Crippen molar-refractivity contribution in [2.45, 2.75) is 13.0 Å². The maximum absolute atomic E-state index is 11.2. The molecule has 1 N–H and O–H groups in total. The van der Waals surface area contributed by atoms with E-state index in [2.05, 4.69) is 22.3 Å². The number of nitrogens with one attached hydrogen (secondary N) is 1. The fourth-order valence-corrected chi connectivity index (χ4v) is 2.24. The van der Waals surface area contributed by atoms with Crippen molar-refractivity contribution >= 4 is 23.2 Å². The van der Waals surface area contributed by atoms with Gasteiger partial charge in [-0.15, -0.1) is 11.6 Å². The Kier molecular flexibility index (Phi) is 5.05. The summed E-state index contributed by atoms with van der Waals surface area (Å²) in [4.78, 5) is 13.5. The highest BCUT2D eigenvalue weighted by molar-refractivity contribution is 6.27. The molecule has 2 rings (SSSR count). The molecule has 1 unspecified atom stereocenters. The number of alkyl halides is 1. The van der Waals surface area contributed by atoms with Crippen molar-refractivity contribution in [1.29, 1.82) is 0 Å². The van der Waals surface area contributed by atoms with Crippen molar-refractivity contribution in [3.05, 3.63) is 29.8 Å². The van der Waals surface area contributed by atoms with Crippen LogP contribution in [0.5, 0.6) is 0 Å². The second-order valence-corrected chi connectivity index (χ2v) is 4.88. The van der Waals surface area contributed by atoms with Crippen LogP contribution in [-0.4, -0.2) is 38.1 Å². The summed E-state index contributed by atoms with van der Waals surface area (Å²) in [7, 11) is 0. The maximum Gasteiger partial charge on any atom is 0.235 e. The largest absolute Gasteiger partial charge is 0.378 e. The number of carbonyl (C=O) groups is 1. The minimum Gasteiger partial charge on any atom is -0.378 e. The lowest BCUT2D eigenvalue weighted by Crippen LogP contribution is -2.36. The topological polar surface area (TPSA) is 41.6 Å². The summed E-state index contributed by atoms with van der Waals surface area (Å²) in [5.74, 6) is -0.151. The van der Waals surface area contributed by atoms with Crippen LogP contribution in [0.15, 0.2) is 24.3 Å². The molecule has 0 saturated carbocycles. The van der Waals surface area contributed by atoms with E-state index in [1.54, 1.807) is 0 Å². The van der Waals surface area contributed by atoms with Gasteiger partial charge < -0.3 is 15.0 Å². The van der Waals surface area contributed by atoms with Crippen LogP contribution in [0.2, 0.25) is 0 Å². The van der Waals surface area contributed by atoms with Crippen LogP contribution in [0.1, 0.15) is 18.5 Å². The molecule has 0 radical (unpaired) electrons. The third-order valence-corrected chi connectivity index (χ3v) is 3.51. The van der Waals surface area contributed by atoms with Gasteiger partial charge in [-0.2, -0.15) is 0 Å². The first-order valence-electron chi connectivity index (χ1n) is 6.48. The fraction of sp³-hybridized carbons (Fsp3) is 0.500. The molecule has 0 aliphatic carbocycles. The van der Waals surface area contributed by atoms with E-state index in [1.807, 2.05) is 19.1 Å². The molecular formula is C14H19ClN2O2. The summed E-state index contributed by atoms with van der Waals surface area (Å²) in [5, 5.41) is 2.84. The molecule has 1 amide bonds. The predicted octanol–water partition coefficient (Wildman–Crippen LogP) is 1.94. The van der Waals surface area contributed by atoms with E-state index in [1.165, 1.54) is 5.69 Å². The quantitative estimate of drug-likeness (QED) is 0.858.